The Hall–Kier alpha value is -8.21. The van der Waals surface area contributed by atoms with E-state index in [2.05, 4.69) is 191 Å². The molecular weight excluding hydrogens is 743 g/mol. The SMILES string of the molecule is c1ccc(-c2nc3c(-c4ccc(N(c5ccc(-c6cccc7ccccc67)cc5)c5cc6c(c7ccccc57)c5ccccc5n6-c5ccccc5)cc4)cccc3o2)cc1. The van der Waals surface area contributed by atoms with Gasteiger partial charge < -0.3 is 13.9 Å². The van der Waals surface area contributed by atoms with Gasteiger partial charge in [-0.15, -0.1) is 0 Å². The van der Waals surface area contributed by atoms with Crippen LogP contribution in [0.25, 0.3) is 93.8 Å². The Morgan fingerprint density at radius 2 is 0.984 bits per heavy atom. The molecular formula is C57H37N3O. The Kier molecular flexibility index (Phi) is 8.13. The Bertz CT molecular complexity index is 3560. The van der Waals surface area contributed by atoms with Gasteiger partial charge in [0, 0.05) is 44.3 Å². The maximum atomic E-state index is 6.28. The highest BCUT2D eigenvalue weighted by Crippen LogP contribution is 2.46. The van der Waals surface area contributed by atoms with Crippen LogP contribution >= 0.6 is 0 Å². The van der Waals surface area contributed by atoms with E-state index in [4.69, 9.17) is 9.40 Å². The fraction of sp³-hybridized carbons (Fsp3) is 0. The van der Waals surface area contributed by atoms with Gasteiger partial charge in [0.25, 0.3) is 0 Å². The maximum absolute atomic E-state index is 6.28. The van der Waals surface area contributed by atoms with Gasteiger partial charge in [-0.05, 0) is 99.6 Å². The molecule has 61 heavy (non-hydrogen) atoms. The van der Waals surface area contributed by atoms with Crippen LogP contribution in [0.3, 0.4) is 0 Å². The summed E-state index contributed by atoms with van der Waals surface area (Å²) in [4.78, 5) is 7.41. The highest BCUT2D eigenvalue weighted by Gasteiger charge is 2.22. The quantitative estimate of drug-likeness (QED) is 0.162. The fourth-order valence-electron chi connectivity index (χ4n) is 9.22. The minimum atomic E-state index is 0.618. The van der Waals surface area contributed by atoms with Gasteiger partial charge in [-0.1, -0.05) is 158 Å². The summed E-state index contributed by atoms with van der Waals surface area (Å²) in [5, 5.41) is 7.34. The summed E-state index contributed by atoms with van der Waals surface area (Å²) >= 11 is 0. The Balaban J connectivity index is 1.06. The first-order valence-corrected chi connectivity index (χ1v) is 20.7. The van der Waals surface area contributed by atoms with Crippen LogP contribution in [0.15, 0.2) is 229 Å². The second kappa shape index (κ2) is 14.3. The standard InChI is InChI=1S/C57H37N3O/c1-3-16-41(17-4-1)57-58-56-47(26-14-28-54(56)61-57)40-31-35-44(36-32-40)59(43-33-29-39(30-34-43)46-25-13-18-38-15-7-8-21-45(38)46)52-37-53-55(49-23-10-9-22-48(49)52)50-24-11-12-27-51(50)60(53)42-19-5-2-6-20-42/h1-37H. The highest BCUT2D eigenvalue weighted by molar-refractivity contribution is 6.24. The number of nitrogens with zero attached hydrogens (tertiary/aromatic N) is 3. The van der Waals surface area contributed by atoms with Crippen molar-refractivity contribution in [3.8, 4) is 39.4 Å². The highest BCUT2D eigenvalue weighted by atomic mass is 16.3. The van der Waals surface area contributed by atoms with Crippen molar-refractivity contribution >= 4 is 71.5 Å². The average Bonchev–Trinajstić information content (AvgIpc) is 3.93. The van der Waals surface area contributed by atoms with E-state index in [0.29, 0.717) is 5.89 Å². The van der Waals surface area contributed by atoms with Crippen LogP contribution in [0, 0.1) is 0 Å². The molecule has 12 aromatic rings. The molecule has 0 saturated heterocycles. The van der Waals surface area contributed by atoms with Gasteiger partial charge in [-0.25, -0.2) is 4.98 Å². The second-order valence-electron chi connectivity index (χ2n) is 15.5. The number of anilines is 3. The molecule has 0 amide bonds. The number of hydrogen-bond donors (Lipinski definition) is 0. The normalized spacial score (nSPS) is 11.6. The van der Waals surface area contributed by atoms with Gasteiger partial charge in [-0.2, -0.15) is 0 Å². The molecule has 0 radical (unpaired) electrons. The molecule has 0 aliphatic rings. The van der Waals surface area contributed by atoms with Crippen molar-refractivity contribution in [2.45, 2.75) is 0 Å². The predicted molar refractivity (Wildman–Crippen MR) is 254 cm³/mol. The van der Waals surface area contributed by atoms with Crippen LogP contribution in [0.2, 0.25) is 0 Å². The van der Waals surface area contributed by atoms with Crippen molar-refractivity contribution < 1.29 is 4.42 Å². The minimum absolute atomic E-state index is 0.618. The average molecular weight is 780 g/mol. The molecule has 0 aliphatic carbocycles. The van der Waals surface area contributed by atoms with Crippen LogP contribution in [0.4, 0.5) is 17.1 Å². The van der Waals surface area contributed by atoms with Crippen LogP contribution in [0.5, 0.6) is 0 Å². The Morgan fingerprint density at radius 1 is 0.410 bits per heavy atom. The molecule has 4 heteroatoms. The lowest BCUT2D eigenvalue weighted by Crippen LogP contribution is -2.11. The molecule has 2 heterocycles. The third-order valence-electron chi connectivity index (χ3n) is 12.0. The van der Waals surface area contributed by atoms with Crippen molar-refractivity contribution in [2.24, 2.45) is 0 Å². The summed E-state index contributed by atoms with van der Waals surface area (Å²) in [6.45, 7) is 0. The largest absolute Gasteiger partial charge is 0.436 e. The number of aromatic nitrogens is 2. The van der Waals surface area contributed by atoms with E-state index in [1.165, 1.54) is 49.0 Å². The maximum Gasteiger partial charge on any atom is 0.227 e. The van der Waals surface area contributed by atoms with Crippen LogP contribution in [-0.2, 0) is 0 Å². The van der Waals surface area contributed by atoms with Crippen LogP contribution < -0.4 is 4.90 Å². The molecule has 2 aromatic heterocycles. The van der Waals surface area contributed by atoms with Crippen LogP contribution in [0.1, 0.15) is 0 Å². The van der Waals surface area contributed by atoms with E-state index in [1.807, 2.05) is 42.5 Å². The zero-order valence-corrected chi connectivity index (χ0v) is 33.1. The number of rotatable bonds is 7. The third kappa shape index (κ3) is 5.80. The molecule has 0 aliphatic heterocycles. The Morgan fingerprint density at radius 3 is 1.74 bits per heavy atom. The van der Waals surface area contributed by atoms with Gasteiger partial charge >= 0.3 is 0 Å². The molecule has 0 unspecified atom stereocenters. The molecule has 0 saturated carbocycles. The third-order valence-corrected chi connectivity index (χ3v) is 12.0. The molecule has 0 fully saturated rings. The second-order valence-corrected chi connectivity index (χ2v) is 15.5. The van der Waals surface area contributed by atoms with Gasteiger partial charge in [0.05, 0.1) is 16.7 Å². The van der Waals surface area contributed by atoms with E-state index < -0.39 is 0 Å². The van der Waals surface area contributed by atoms with E-state index >= 15 is 0 Å². The summed E-state index contributed by atoms with van der Waals surface area (Å²) in [5.74, 6) is 0.618. The zero-order chi connectivity index (χ0) is 40.3. The number of fused-ring (bicyclic) bond motifs is 7. The number of para-hydroxylation sites is 3. The lowest BCUT2D eigenvalue weighted by Gasteiger charge is -2.28. The lowest BCUT2D eigenvalue weighted by atomic mass is 9.97. The first-order chi connectivity index (χ1) is 30.3. The zero-order valence-electron chi connectivity index (χ0n) is 33.1. The van der Waals surface area contributed by atoms with Crippen molar-refractivity contribution in [1.29, 1.82) is 0 Å². The topological polar surface area (TPSA) is 34.2 Å². The van der Waals surface area contributed by atoms with Gasteiger partial charge in [0.2, 0.25) is 5.89 Å². The minimum Gasteiger partial charge on any atom is -0.436 e. The van der Waals surface area contributed by atoms with Gasteiger partial charge in [0.1, 0.15) is 5.52 Å². The van der Waals surface area contributed by atoms with Gasteiger partial charge in [0.15, 0.2) is 5.58 Å². The summed E-state index contributed by atoms with van der Waals surface area (Å²) in [6, 6.07) is 80.0. The molecule has 12 rings (SSSR count). The molecule has 0 N–H and O–H groups in total. The van der Waals surface area contributed by atoms with E-state index in [1.54, 1.807) is 0 Å². The van der Waals surface area contributed by atoms with E-state index in [9.17, 15) is 0 Å². The summed E-state index contributed by atoms with van der Waals surface area (Å²) in [7, 11) is 0. The smallest absolute Gasteiger partial charge is 0.227 e. The van der Waals surface area contributed by atoms with Crippen molar-refractivity contribution in [2.75, 3.05) is 4.90 Å². The Labute approximate surface area is 352 Å². The lowest BCUT2D eigenvalue weighted by molar-refractivity contribution is 0.620. The number of oxazole rings is 1. The predicted octanol–water partition coefficient (Wildman–Crippen LogP) is 15.7. The van der Waals surface area contributed by atoms with E-state index in [0.717, 1.165) is 56.1 Å². The summed E-state index contributed by atoms with van der Waals surface area (Å²) in [6.07, 6.45) is 0. The molecule has 0 bridgehead atoms. The first kappa shape index (κ1) is 34.8. The van der Waals surface area contributed by atoms with Gasteiger partial charge in [-0.3, -0.25) is 0 Å². The molecule has 0 spiro atoms. The number of hydrogen-bond acceptors (Lipinski definition) is 3. The molecule has 0 atom stereocenters. The number of benzene rings is 10. The fourth-order valence-corrected chi connectivity index (χ4v) is 9.22. The molecule has 286 valence electrons. The summed E-state index contributed by atoms with van der Waals surface area (Å²) in [5.41, 5.74) is 13.7. The van der Waals surface area contributed by atoms with Crippen molar-refractivity contribution in [1.82, 2.24) is 9.55 Å². The molecule has 10 aromatic carbocycles. The monoisotopic (exact) mass is 779 g/mol. The summed E-state index contributed by atoms with van der Waals surface area (Å²) < 4.78 is 8.69. The molecule has 4 nitrogen and oxygen atoms in total. The van der Waals surface area contributed by atoms with Crippen molar-refractivity contribution in [3.05, 3.63) is 224 Å². The van der Waals surface area contributed by atoms with Crippen molar-refractivity contribution in [3.63, 3.8) is 0 Å². The van der Waals surface area contributed by atoms with Crippen LogP contribution in [-0.4, -0.2) is 9.55 Å². The van der Waals surface area contributed by atoms with E-state index in [-0.39, 0.29) is 0 Å². The first-order valence-electron chi connectivity index (χ1n) is 20.7.